The Morgan fingerprint density at radius 1 is 1.39 bits per heavy atom. The van der Waals surface area contributed by atoms with Crippen molar-refractivity contribution in [3.05, 3.63) is 40.8 Å². The van der Waals surface area contributed by atoms with Gasteiger partial charge in [-0.1, -0.05) is 11.6 Å². The first-order valence-corrected chi connectivity index (χ1v) is 6.51. The molecular formula is C13H15ClN4. The van der Waals surface area contributed by atoms with Crippen LogP contribution < -0.4 is 5.32 Å². The Bertz CT molecular complexity index is 560. The Labute approximate surface area is 111 Å². The van der Waals surface area contributed by atoms with E-state index in [2.05, 4.69) is 21.5 Å². The van der Waals surface area contributed by atoms with Gasteiger partial charge in [-0.2, -0.15) is 5.10 Å². The molecule has 0 amide bonds. The first-order valence-electron chi connectivity index (χ1n) is 6.14. The van der Waals surface area contributed by atoms with E-state index in [1.165, 1.54) is 18.5 Å². The van der Waals surface area contributed by atoms with E-state index >= 15 is 0 Å². The third-order valence-electron chi connectivity index (χ3n) is 3.09. The average molecular weight is 263 g/mol. The highest BCUT2D eigenvalue weighted by Gasteiger charge is 2.26. The molecule has 2 aromatic heterocycles. The molecule has 1 aliphatic carbocycles. The Morgan fingerprint density at radius 3 is 2.94 bits per heavy atom. The van der Waals surface area contributed by atoms with Crippen LogP contribution >= 0.6 is 11.6 Å². The number of hydrogen-bond donors (Lipinski definition) is 1. The highest BCUT2D eigenvalue weighted by molar-refractivity contribution is 6.31. The summed E-state index contributed by atoms with van der Waals surface area (Å²) in [6, 6.07) is 5.84. The third-order valence-corrected chi connectivity index (χ3v) is 3.43. The van der Waals surface area contributed by atoms with Crippen LogP contribution in [0.25, 0.3) is 5.82 Å². The highest BCUT2D eigenvalue weighted by atomic mass is 35.5. The van der Waals surface area contributed by atoms with Crippen molar-refractivity contribution in [2.75, 3.05) is 7.05 Å². The zero-order valence-corrected chi connectivity index (χ0v) is 11.0. The molecule has 0 aliphatic heterocycles. The second kappa shape index (κ2) is 4.71. The van der Waals surface area contributed by atoms with Crippen molar-refractivity contribution in [3.63, 3.8) is 0 Å². The minimum absolute atomic E-state index is 0.656. The average Bonchev–Trinajstić information content (AvgIpc) is 3.11. The van der Waals surface area contributed by atoms with E-state index in [1.807, 2.05) is 30.1 Å². The minimum atomic E-state index is 0.656. The van der Waals surface area contributed by atoms with E-state index < -0.39 is 0 Å². The van der Waals surface area contributed by atoms with Gasteiger partial charge in [-0.15, -0.1) is 0 Å². The van der Waals surface area contributed by atoms with Gasteiger partial charge in [0.25, 0.3) is 0 Å². The van der Waals surface area contributed by atoms with Crippen molar-refractivity contribution in [1.29, 1.82) is 0 Å². The number of aromatic nitrogens is 3. The summed E-state index contributed by atoms with van der Waals surface area (Å²) in [6.07, 6.45) is 4.49. The lowest BCUT2D eigenvalue weighted by Crippen LogP contribution is -2.09. The second-order valence-corrected chi connectivity index (χ2v) is 4.99. The van der Waals surface area contributed by atoms with E-state index in [0.717, 1.165) is 11.5 Å². The summed E-state index contributed by atoms with van der Waals surface area (Å²) in [7, 11) is 1.88. The maximum Gasteiger partial charge on any atom is 0.153 e. The van der Waals surface area contributed by atoms with Crippen LogP contribution in [0.1, 0.15) is 30.1 Å². The number of rotatable bonds is 4. The van der Waals surface area contributed by atoms with E-state index in [4.69, 9.17) is 11.6 Å². The molecule has 3 rings (SSSR count). The number of hydrogen-bond acceptors (Lipinski definition) is 3. The maximum atomic E-state index is 6.10. The summed E-state index contributed by atoms with van der Waals surface area (Å²) in [4.78, 5) is 4.53. The van der Waals surface area contributed by atoms with Crippen molar-refractivity contribution in [2.45, 2.75) is 25.3 Å². The van der Waals surface area contributed by atoms with Gasteiger partial charge in [0.05, 0.1) is 16.4 Å². The summed E-state index contributed by atoms with van der Waals surface area (Å²) in [5.74, 6) is 1.48. The van der Waals surface area contributed by atoms with Gasteiger partial charge in [0.2, 0.25) is 0 Å². The monoisotopic (exact) mass is 262 g/mol. The Kier molecular flexibility index (Phi) is 3.06. The number of halogens is 1. The molecule has 0 radical (unpaired) electrons. The fourth-order valence-corrected chi connectivity index (χ4v) is 2.13. The maximum absolute atomic E-state index is 6.10. The molecule has 1 saturated carbocycles. The van der Waals surface area contributed by atoms with Crippen LogP contribution in [-0.4, -0.2) is 21.8 Å². The number of nitrogens with zero attached hydrogens (tertiary/aromatic N) is 3. The van der Waals surface area contributed by atoms with E-state index in [1.54, 1.807) is 0 Å². The SMILES string of the molecule is CNCc1nc(-n2ccc(C3CC3)n2)ccc1Cl. The quantitative estimate of drug-likeness (QED) is 0.921. The summed E-state index contributed by atoms with van der Waals surface area (Å²) in [6.45, 7) is 0.656. The van der Waals surface area contributed by atoms with Gasteiger partial charge in [-0.25, -0.2) is 9.67 Å². The van der Waals surface area contributed by atoms with Gasteiger partial charge >= 0.3 is 0 Å². The van der Waals surface area contributed by atoms with Crippen molar-refractivity contribution in [2.24, 2.45) is 0 Å². The molecule has 94 valence electrons. The van der Waals surface area contributed by atoms with Crippen molar-refractivity contribution in [3.8, 4) is 5.82 Å². The van der Waals surface area contributed by atoms with Gasteiger partial charge in [-0.05, 0) is 38.1 Å². The normalized spacial score (nSPS) is 15.0. The lowest BCUT2D eigenvalue weighted by molar-refractivity contribution is 0.763. The van der Waals surface area contributed by atoms with Gasteiger partial charge in [0, 0.05) is 18.7 Å². The topological polar surface area (TPSA) is 42.7 Å². The van der Waals surface area contributed by atoms with Crippen molar-refractivity contribution >= 4 is 11.6 Å². The lowest BCUT2D eigenvalue weighted by atomic mass is 10.3. The molecular weight excluding hydrogens is 248 g/mol. The molecule has 0 unspecified atom stereocenters. The Balaban J connectivity index is 1.91. The second-order valence-electron chi connectivity index (χ2n) is 4.59. The molecule has 0 spiro atoms. The zero-order chi connectivity index (χ0) is 12.5. The largest absolute Gasteiger partial charge is 0.314 e. The minimum Gasteiger partial charge on any atom is -0.314 e. The first kappa shape index (κ1) is 11.7. The zero-order valence-electron chi connectivity index (χ0n) is 10.2. The Morgan fingerprint density at radius 2 is 2.22 bits per heavy atom. The van der Waals surface area contributed by atoms with Crippen LogP contribution in [0.5, 0.6) is 0 Å². The molecule has 1 fully saturated rings. The Hall–Kier alpha value is -1.39. The summed E-state index contributed by atoms with van der Waals surface area (Å²) < 4.78 is 1.82. The summed E-state index contributed by atoms with van der Waals surface area (Å²) in [5, 5.41) is 8.31. The van der Waals surface area contributed by atoms with Crippen molar-refractivity contribution in [1.82, 2.24) is 20.1 Å². The van der Waals surface area contributed by atoms with E-state index in [9.17, 15) is 0 Å². The highest BCUT2D eigenvalue weighted by Crippen LogP contribution is 2.38. The molecule has 1 aliphatic rings. The van der Waals surface area contributed by atoms with Gasteiger partial charge in [-0.3, -0.25) is 0 Å². The predicted octanol–water partition coefficient (Wildman–Crippen LogP) is 2.52. The van der Waals surface area contributed by atoms with Crippen LogP contribution in [0, 0.1) is 0 Å². The molecule has 0 atom stereocenters. The molecule has 0 saturated heterocycles. The molecule has 18 heavy (non-hydrogen) atoms. The van der Waals surface area contributed by atoms with Crippen molar-refractivity contribution < 1.29 is 0 Å². The van der Waals surface area contributed by atoms with E-state index in [0.29, 0.717) is 17.5 Å². The number of nitrogens with one attached hydrogen (secondary N) is 1. The standard InChI is InChI=1S/C13H15ClN4/c1-15-8-12-10(14)4-5-13(16-12)18-7-6-11(17-18)9-2-3-9/h4-7,9,15H,2-3,8H2,1H3. The molecule has 4 nitrogen and oxygen atoms in total. The third kappa shape index (κ3) is 2.26. The van der Waals surface area contributed by atoms with Gasteiger partial charge in [0.15, 0.2) is 5.82 Å². The van der Waals surface area contributed by atoms with Crippen LogP contribution in [0.3, 0.4) is 0 Å². The molecule has 0 bridgehead atoms. The lowest BCUT2D eigenvalue weighted by Gasteiger charge is -2.06. The van der Waals surface area contributed by atoms with E-state index in [-0.39, 0.29) is 0 Å². The number of pyridine rings is 1. The molecule has 1 N–H and O–H groups in total. The fourth-order valence-electron chi connectivity index (χ4n) is 1.95. The fraction of sp³-hybridized carbons (Fsp3) is 0.385. The van der Waals surface area contributed by atoms with Gasteiger partial charge in [0.1, 0.15) is 0 Å². The van der Waals surface area contributed by atoms with Gasteiger partial charge < -0.3 is 5.32 Å². The van der Waals surface area contributed by atoms with Crippen LogP contribution in [0.2, 0.25) is 5.02 Å². The summed E-state index contributed by atoms with van der Waals surface area (Å²) >= 11 is 6.10. The molecule has 2 aromatic rings. The molecule has 5 heteroatoms. The molecule has 2 heterocycles. The molecule has 0 aromatic carbocycles. The predicted molar refractivity (Wildman–Crippen MR) is 71.1 cm³/mol. The van der Waals surface area contributed by atoms with Crippen LogP contribution in [0.4, 0.5) is 0 Å². The van der Waals surface area contributed by atoms with Crippen LogP contribution in [-0.2, 0) is 6.54 Å². The van der Waals surface area contributed by atoms with Crippen LogP contribution in [0.15, 0.2) is 24.4 Å². The smallest absolute Gasteiger partial charge is 0.153 e. The first-order chi connectivity index (χ1) is 8.78. The summed E-state index contributed by atoms with van der Waals surface area (Å²) in [5.41, 5.74) is 2.02.